The molecule has 0 spiro atoms. The lowest BCUT2D eigenvalue weighted by atomic mass is 10.2. The number of benzene rings is 1. The fourth-order valence-corrected chi connectivity index (χ4v) is 5.99. The molecule has 0 bridgehead atoms. The van der Waals surface area contributed by atoms with Gasteiger partial charge in [-0.25, -0.2) is 8.42 Å². The zero-order chi connectivity index (χ0) is 24.0. The first-order chi connectivity index (χ1) is 15.8. The number of carbonyl (C=O) groups excluding carboxylic acids is 3. The number of amides is 3. The molecule has 0 radical (unpaired) electrons. The number of nitrogens with one attached hydrogen (secondary N) is 2. The summed E-state index contributed by atoms with van der Waals surface area (Å²) in [5.74, 6) is -1.25. The van der Waals surface area contributed by atoms with Crippen LogP contribution in [0.15, 0.2) is 46.7 Å². The molecule has 1 aliphatic rings. The number of carbonyl (C=O) groups is 3. The van der Waals surface area contributed by atoms with Gasteiger partial charge >= 0.3 is 0 Å². The lowest BCUT2D eigenvalue weighted by Crippen LogP contribution is -2.51. The fourth-order valence-electron chi connectivity index (χ4n) is 3.79. The summed E-state index contributed by atoms with van der Waals surface area (Å²) < 4.78 is 26.7. The minimum absolute atomic E-state index is 0.00585. The Hall–Kier alpha value is -2.76. The van der Waals surface area contributed by atoms with Gasteiger partial charge in [0.1, 0.15) is 6.04 Å². The van der Waals surface area contributed by atoms with Gasteiger partial charge in [0.25, 0.3) is 11.8 Å². The highest BCUT2D eigenvalue weighted by Crippen LogP contribution is 2.20. The maximum Gasteiger partial charge on any atom is 0.269 e. The Kier molecular flexibility index (Phi) is 8.22. The summed E-state index contributed by atoms with van der Waals surface area (Å²) in [5, 5.41) is 1.90. The summed E-state index contributed by atoms with van der Waals surface area (Å²) in [6.45, 7) is 4.60. The molecule has 1 saturated heterocycles. The van der Waals surface area contributed by atoms with Crippen LogP contribution in [0, 0.1) is 0 Å². The zero-order valence-electron chi connectivity index (χ0n) is 18.6. The van der Waals surface area contributed by atoms with Crippen LogP contribution in [0.5, 0.6) is 0 Å². The molecule has 1 aromatic heterocycles. The first-order valence-electron chi connectivity index (χ1n) is 10.8. The number of thiophene rings is 1. The summed E-state index contributed by atoms with van der Waals surface area (Å²) >= 11 is 1.49. The van der Waals surface area contributed by atoms with Crippen LogP contribution in [0.25, 0.3) is 0 Å². The average molecular weight is 493 g/mol. The van der Waals surface area contributed by atoms with Crippen molar-refractivity contribution in [3.05, 3.63) is 52.2 Å². The monoisotopic (exact) mass is 492 g/mol. The first kappa shape index (κ1) is 24.9. The quantitative estimate of drug-likeness (QED) is 0.545. The van der Waals surface area contributed by atoms with E-state index < -0.39 is 27.9 Å². The second-order valence-electron chi connectivity index (χ2n) is 7.56. The molecular weight excluding hydrogens is 464 g/mol. The number of likely N-dealkylation sites (tertiary alicyclic amines) is 1. The molecule has 33 heavy (non-hydrogen) atoms. The number of sulfonamides is 1. The average Bonchev–Trinajstić information content (AvgIpc) is 3.50. The molecule has 9 nitrogen and oxygen atoms in total. The van der Waals surface area contributed by atoms with Gasteiger partial charge < -0.3 is 4.90 Å². The summed E-state index contributed by atoms with van der Waals surface area (Å²) in [7, 11) is -3.72. The fraction of sp³-hybridized carbons (Fsp3) is 0.409. The van der Waals surface area contributed by atoms with Crippen LogP contribution in [-0.2, 0) is 26.0 Å². The van der Waals surface area contributed by atoms with E-state index in [0.717, 1.165) is 4.88 Å². The van der Waals surface area contributed by atoms with Crippen LogP contribution in [0.4, 0.5) is 0 Å². The van der Waals surface area contributed by atoms with Crippen molar-refractivity contribution in [2.75, 3.05) is 19.6 Å². The van der Waals surface area contributed by atoms with Gasteiger partial charge in [0.05, 0.1) is 11.3 Å². The van der Waals surface area contributed by atoms with Gasteiger partial charge in [0, 0.05) is 30.1 Å². The standard InChI is InChI=1S/C22H28N4O5S2/c1-3-25(4-2)33(30,31)18-10-5-8-16(14-18)21(28)23-24-22(29)19-11-6-12-26(19)20(27)15-17-9-7-13-32-17/h5,7-10,13-14,19H,3-4,6,11-12,15H2,1-2H3,(H,23,28)(H,24,29). The highest BCUT2D eigenvalue weighted by Gasteiger charge is 2.34. The lowest BCUT2D eigenvalue weighted by molar-refractivity contribution is -0.138. The van der Waals surface area contributed by atoms with Gasteiger partial charge in [0.15, 0.2) is 0 Å². The summed E-state index contributed by atoms with van der Waals surface area (Å²) in [6.07, 6.45) is 1.45. The molecule has 2 N–H and O–H groups in total. The summed E-state index contributed by atoms with van der Waals surface area (Å²) in [4.78, 5) is 40.3. The molecule has 178 valence electrons. The van der Waals surface area contributed by atoms with Crippen LogP contribution in [0.1, 0.15) is 41.9 Å². The molecule has 1 aliphatic heterocycles. The molecule has 1 fully saturated rings. The van der Waals surface area contributed by atoms with Crippen LogP contribution < -0.4 is 10.9 Å². The van der Waals surface area contributed by atoms with Crippen molar-refractivity contribution in [1.29, 1.82) is 0 Å². The molecule has 1 unspecified atom stereocenters. The molecule has 1 atom stereocenters. The van der Waals surface area contributed by atoms with Crippen molar-refractivity contribution >= 4 is 39.1 Å². The minimum atomic E-state index is -3.72. The molecular formula is C22H28N4O5S2. The number of rotatable bonds is 8. The maximum atomic E-state index is 12.7. The van der Waals surface area contributed by atoms with Gasteiger partial charge in [-0.05, 0) is 42.5 Å². The molecule has 2 aromatic rings. The number of hydrogen-bond donors (Lipinski definition) is 2. The molecule has 2 heterocycles. The second-order valence-corrected chi connectivity index (χ2v) is 10.5. The van der Waals surface area contributed by atoms with E-state index in [-0.39, 0.29) is 22.8 Å². The smallest absolute Gasteiger partial charge is 0.269 e. The predicted octanol–water partition coefficient (Wildman–Crippen LogP) is 1.77. The van der Waals surface area contributed by atoms with E-state index in [1.165, 1.54) is 39.9 Å². The van der Waals surface area contributed by atoms with Crippen molar-refractivity contribution in [3.8, 4) is 0 Å². The van der Waals surface area contributed by atoms with Crippen LogP contribution in [0.2, 0.25) is 0 Å². The van der Waals surface area contributed by atoms with Gasteiger partial charge in [-0.3, -0.25) is 25.2 Å². The van der Waals surface area contributed by atoms with Crippen molar-refractivity contribution in [3.63, 3.8) is 0 Å². The summed E-state index contributed by atoms with van der Waals surface area (Å²) in [6, 6.07) is 8.75. The van der Waals surface area contributed by atoms with Crippen molar-refractivity contribution in [1.82, 2.24) is 20.1 Å². The number of hydrogen-bond acceptors (Lipinski definition) is 6. The van der Waals surface area contributed by atoms with E-state index in [9.17, 15) is 22.8 Å². The second kappa shape index (κ2) is 10.9. The van der Waals surface area contributed by atoms with Crippen molar-refractivity contribution in [2.24, 2.45) is 0 Å². The Morgan fingerprint density at radius 3 is 2.55 bits per heavy atom. The lowest BCUT2D eigenvalue weighted by Gasteiger charge is -2.24. The highest BCUT2D eigenvalue weighted by atomic mass is 32.2. The largest absolute Gasteiger partial charge is 0.330 e. The SMILES string of the molecule is CCN(CC)S(=O)(=O)c1cccc(C(=O)NNC(=O)C2CCCN2C(=O)Cc2cccs2)c1. The van der Waals surface area contributed by atoms with E-state index in [4.69, 9.17) is 0 Å². The third-order valence-corrected chi connectivity index (χ3v) is 8.44. The van der Waals surface area contributed by atoms with E-state index in [0.29, 0.717) is 32.5 Å². The third kappa shape index (κ3) is 5.79. The van der Waals surface area contributed by atoms with Crippen molar-refractivity contribution < 1.29 is 22.8 Å². The van der Waals surface area contributed by atoms with Crippen LogP contribution >= 0.6 is 11.3 Å². The Morgan fingerprint density at radius 1 is 1.12 bits per heavy atom. The van der Waals surface area contributed by atoms with Crippen LogP contribution in [-0.4, -0.2) is 61.0 Å². The molecule has 1 aromatic carbocycles. The van der Waals surface area contributed by atoms with Gasteiger partial charge in [-0.2, -0.15) is 4.31 Å². The highest BCUT2D eigenvalue weighted by molar-refractivity contribution is 7.89. The molecule has 3 rings (SSSR count). The molecule has 0 saturated carbocycles. The predicted molar refractivity (Wildman–Crippen MR) is 125 cm³/mol. The summed E-state index contributed by atoms with van der Waals surface area (Å²) in [5.41, 5.74) is 4.81. The van der Waals surface area contributed by atoms with Gasteiger partial charge in [0.2, 0.25) is 15.9 Å². The van der Waals surface area contributed by atoms with Gasteiger partial charge in [-0.1, -0.05) is 26.0 Å². The molecule has 0 aliphatic carbocycles. The Labute approximate surface area is 197 Å². The number of nitrogens with zero attached hydrogens (tertiary/aromatic N) is 2. The van der Waals surface area contributed by atoms with E-state index in [2.05, 4.69) is 10.9 Å². The van der Waals surface area contributed by atoms with Gasteiger partial charge in [-0.15, -0.1) is 11.3 Å². The molecule has 11 heteroatoms. The zero-order valence-corrected chi connectivity index (χ0v) is 20.2. The van der Waals surface area contributed by atoms with E-state index in [1.54, 1.807) is 18.7 Å². The van der Waals surface area contributed by atoms with Crippen LogP contribution in [0.3, 0.4) is 0 Å². The Bertz CT molecular complexity index is 1100. The first-order valence-corrected chi connectivity index (χ1v) is 13.1. The van der Waals surface area contributed by atoms with E-state index >= 15 is 0 Å². The minimum Gasteiger partial charge on any atom is -0.330 e. The molecule has 3 amide bonds. The third-order valence-electron chi connectivity index (χ3n) is 5.52. The van der Waals surface area contributed by atoms with Crippen molar-refractivity contribution in [2.45, 2.75) is 44.0 Å². The topological polar surface area (TPSA) is 116 Å². The normalized spacial score (nSPS) is 16.1. The number of hydrazine groups is 1. The maximum absolute atomic E-state index is 12.7. The Morgan fingerprint density at radius 2 is 1.88 bits per heavy atom. The van der Waals surface area contributed by atoms with E-state index in [1.807, 2.05) is 17.5 Å². The Balaban J connectivity index is 1.62.